The minimum atomic E-state index is 0.161. The number of benzene rings is 1. The summed E-state index contributed by atoms with van der Waals surface area (Å²) in [5.74, 6) is 1.80. The van der Waals surface area contributed by atoms with E-state index in [4.69, 9.17) is 9.47 Å². The van der Waals surface area contributed by atoms with Crippen molar-refractivity contribution in [1.29, 1.82) is 0 Å². The molecule has 27 heavy (non-hydrogen) atoms. The standard InChI is InChI=1S/C9H19NO.C8H10O.C6H10O/c1-5-8(4)9(11)10-6-7(2)3;1-7-3-5-8(9-2)6-4-7;1-7-6-4-2-3-5-6/h7-8H,5-6H2,1-4H3,(H,10,11);3-6H,1-2H3;2,4,6H,3,5H2,1H3. The van der Waals surface area contributed by atoms with Gasteiger partial charge in [0.15, 0.2) is 0 Å². The Kier molecular flexibility index (Phi) is 14.2. The molecule has 2 atom stereocenters. The van der Waals surface area contributed by atoms with E-state index < -0.39 is 0 Å². The van der Waals surface area contributed by atoms with Gasteiger partial charge >= 0.3 is 0 Å². The molecule has 0 aromatic heterocycles. The van der Waals surface area contributed by atoms with E-state index in [0.717, 1.165) is 18.7 Å². The SMILES string of the molecule is CCC(C)C(=O)NCC(C)C.COC1C=CCC1.COc1ccc(C)cc1. The molecule has 0 saturated heterocycles. The van der Waals surface area contributed by atoms with Crippen LogP contribution in [0.3, 0.4) is 0 Å². The number of carbonyl (C=O) groups is 1. The number of ether oxygens (including phenoxy) is 2. The molecule has 2 rings (SSSR count). The van der Waals surface area contributed by atoms with E-state index in [1.165, 1.54) is 18.4 Å². The highest BCUT2D eigenvalue weighted by Gasteiger charge is 2.09. The van der Waals surface area contributed by atoms with Crippen LogP contribution in [0.1, 0.15) is 52.5 Å². The molecule has 1 aliphatic rings. The molecule has 1 aromatic rings. The lowest BCUT2D eigenvalue weighted by molar-refractivity contribution is -0.124. The zero-order valence-corrected chi connectivity index (χ0v) is 18.2. The van der Waals surface area contributed by atoms with Crippen molar-refractivity contribution in [2.45, 2.75) is 60.0 Å². The van der Waals surface area contributed by atoms with Gasteiger partial charge in [0, 0.05) is 19.6 Å². The molecule has 0 spiro atoms. The fourth-order valence-electron chi connectivity index (χ4n) is 2.14. The highest BCUT2D eigenvalue weighted by atomic mass is 16.5. The summed E-state index contributed by atoms with van der Waals surface area (Å²) in [5.41, 5.74) is 1.26. The molecule has 2 unspecified atom stereocenters. The maximum Gasteiger partial charge on any atom is 0.222 e. The number of hydrogen-bond donors (Lipinski definition) is 1. The second-order valence-electron chi connectivity index (χ2n) is 7.25. The van der Waals surface area contributed by atoms with Crippen LogP contribution >= 0.6 is 0 Å². The van der Waals surface area contributed by atoms with Crippen molar-refractivity contribution >= 4 is 5.91 Å². The van der Waals surface area contributed by atoms with Crippen LogP contribution in [0.2, 0.25) is 0 Å². The van der Waals surface area contributed by atoms with Crippen LogP contribution in [-0.2, 0) is 9.53 Å². The Morgan fingerprint density at radius 3 is 2.19 bits per heavy atom. The van der Waals surface area contributed by atoms with Gasteiger partial charge in [0.05, 0.1) is 13.2 Å². The Labute approximate surface area is 166 Å². The van der Waals surface area contributed by atoms with Crippen LogP contribution < -0.4 is 10.1 Å². The summed E-state index contributed by atoms with van der Waals surface area (Å²) in [7, 11) is 3.42. The third kappa shape index (κ3) is 13.1. The van der Waals surface area contributed by atoms with E-state index in [2.05, 4.69) is 38.2 Å². The average Bonchev–Trinajstić information content (AvgIpc) is 3.21. The molecular weight excluding hydrogens is 338 g/mol. The van der Waals surface area contributed by atoms with Crippen molar-refractivity contribution in [3.8, 4) is 5.75 Å². The van der Waals surface area contributed by atoms with Crippen LogP contribution in [-0.4, -0.2) is 32.8 Å². The van der Waals surface area contributed by atoms with E-state index in [-0.39, 0.29) is 11.8 Å². The van der Waals surface area contributed by atoms with E-state index in [0.29, 0.717) is 12.0 Å². The second kappa shape index (κ2) is 15.3. The van der Waals surface area contributed by atoms with Gasteiger partial charge in [-0.15, -0.1) is 0 Å². The maximum atomic E-state index is 11.2. The van der Waals surface area contributed by atoms with Crippen molar-refractivity contribution in [1.82, 2.24) is 5.32 Å². The minimum absolute atomic E-state index is 0.161. The third-order valence-corrected chi connectivity index (χ3v) is 4.27. The number of rotatable bonds is 6. The summed E-state index contributed by atoms with van der Waals surface area (Å²) in [4.78, 5) is 11.2. The van der Waals surface area contributed by atoms with Gasteiger partial charge in [-0.05, 0) is 44.2 Å². The lowest BCUT2D eigenvalue weighted by Crippen LogP contribution is -2.31. The largest absolute Gasteiger partial charge is 0.497 e. The number of carbonyl (C=O) groups excluding carboxylic acids is 1. The molecule has 0 fully saturated rings. The van der Waals surface area contributed by atoms with E-state index >= 15 is 0 Å². The summed E-state index contributed by atoms with van der Waals surface area (Å²) in [6, 6.07) is 7.96. The Balaban J connectivity index is 0.000000383. The fraction of sp³-hybridized carbons (Fsp3) is 0.609. The van der Waals surface area contributed by atoms with Crippen LogP contribution in [0.25, 0.3) is 0 Å². The van der Waals surface area contributed by atoms with Gasteiger partial charge in [-0.2, -0.15) is 0 Å². The Hall–Kier alpha value is -1.81. The lowest BCUT2D eigenvalue weighted by atomic mass is 10.1. The maximum absolute atomic E-state index is 11.2. The molecule has 1 aromatic carbocycles. The van der Waals surface area contributed by atoms with Crippen LogP contribution in [0.5, 0.6) is 5.75 Å². The third-order valence-electron chi connectivity index (χ3n) is 4.27. The molecule has 0 bridgehead atoms. The van der Waals surface area contributed by atoms with E-state index in [9.17, 15) is 4.79 Å². The molecule has 1 N–H and O–H groups in total. The first-order valence-corrected chi connectivity index (χ1v) is 9.91. The van der Waals surface area contributed by atoms with Crippen LogP contribution in [0.4, 0.5) is 0 Å². The van der Waals surface area contributed by atoms with Gasteiger partial charge < -0.3 is 14.8 Å². The molecule has 154 valence electrons. The fourth-order valence-corrected chi connectivity index (χ4v) is 2.14. The summed E-state index contributed by atoms with van der Waals surface area (Å²) < 4.78 is 9.99. The number of methoxy groups -OCH3 is 2. The number of hydrogen-bond acceptors (Lipinski definition) is 3. The van der Waals surface area contributed by atoms with Gasteiger partial charge in [0.1, 0.15) is 5.75 Å². The Morgan fingerprint density at radius 2 is 1.81 bits per heavy atom. The zero-order chi connectivity index (χ0) is 20.7. The topological polar surface area (TPSA) is 47.6 Å². The van der Waals surface area contributed by atoms with E-state index in [1.54, 1.807) is 14.2 Å². The first-order valence-electron chi connectivity index (χ1n) is 9.91. The molecular formula is C23H39NO3. The predicted molar refractivity (Wildman–Crippen MR) is 114 cm³/mol. The smallest absolute Gasteiger partial charge is 0.222 e. The summed E-state index contributed by atoms with van der Waals surface area (Å²) >= 11 is 0. The first kappa shape index (κ1) is 25.2. The summed E-state index contributed by atoms with van der Waals surface area (Å²) in [5, 5.41) is 2.89. The molecule has 4 nitrogen and oxygen atoms in total. The molecule has 0 saturated carbocycles. The number of nitrogens with one attached hydrogen (secondary N) is 1. The van der Waals surface area contributed by atoms with Crippen molar-refractivity contribution in [2.24, 2.45) is 11.8 Å². The van der Waals surface area contributed by atoms with Gasteiger partial charge in [-0.1, -0.05) is 57.5 Å². The van der Waals surface area contributed by atoms with Gasteiger partial charge in [-0.25, -0.2) is 0 Å². The van der Waals surface area contributed by atoms with Gasteiger partial charge in [0.2, 0.25) is 5.91 Å². The molecule has 0 radical (unpaired) electrons. The summed E-state index contributed by atoms with van der Waals surface area (Å²) in [6.07, 6.45) is 7.98. The summed E-state index contributed by atoms with van der Waals surface area (Å²) in [6.45, 7) is 11.0. The number of amides is 1. The predicted octanol–water partition coefficient (Wildman–Crippen LogP) is 5.16. The van der Waals surface area contributed by atoms with E-state index in [1.807, 2.05) is 38.1 Å². The molecule has 1 amide bonds. The number of allylic oxidation sites excluding steroid dienone is 1. The van der Waals surface area contributed by atoms with Crippen LogP contribution in [0, 0.1) is 18.8 Å². The van der Waals surface area contributed by atoms with Crippen molar-refractivity contribution in [2.75, 3.05) is 20.8 Å². The minimum Gasteiger partial charge on any atom is -0.497 e. The highest BCUT2D eigenvalue weighted by Crippen LogP contribution is 2.11. The number of aryl methyl sites for hydroxylation is 1. The van der Waals surface area contributed by atoms with Crippen molar-refractivity contribution < 1.29 is 14.3 Å². The second-order valence-corrected chi connectivity index (χ2v) is 7.25. The monoisotopic (exact) mass is 377 g/mol. The molecule has 4 heteroatoms. The molecule has 0 aliphatic heterocycles. The average molecular weight is 378 g/mol. The Bertz CT molecular complexity index is 523. The normalized spacial score (nSPS) is 15.9. The first-order chi connectivity index (χ1) is 12.8. The quantitative estimate of drug-likeness (QED) is 0.697. The van der Waals surface area contributed by atoms with Crippen molar-refractivity contribution in [3.63, 3.8) is 0 Å². The zero-order valence-electron chi connectivity index (χ0n) is 18.2. The lowest BCUT2D eigenvalue weighted by Gasteiger charge is -2.11. The van der Waals surface area contributed by atoms with Gasteiger partial charge in [-0.3, -0.25) is 4.79 Å². The highest BCUT2D eigenvalue weighted by molar-refractivity contribution is 5.78. The van der Waals surface area contributed by atoms with Gasteiger partial charge in [0.25, 0.3) is 0 Å². The van der Waals surface area contributed by atoms with Crippen LogP contribution in [0.15, 0.2) is 36.4 Å². The Morgan fingerprint density at radius 1 is 1.19 bits per heavy atom. The van der Waals surface area contributed by atoms with Crippen molar-refractivity contribution in [3.05, 3.63) is 42.0 Å². The molecule has 0 heterocycles. The molecule has 1 aliphatic carbocycles.